The van der Waals surface area contributed by atoms with Crippen LogP contribution in [0.5, 0.6) is 0 Å². The highest BCUT2D eigenvalue weighted by Gasteiger charge is 2.31. The summed E-state index contributed by atoms with van der Waals surface area (Å²) in [5.74, 6) is 0.150. The Labute approximate surface area is 206 Å². The molecule has 2 saturated heterocycles. The van der Waals surface area contributed by atoms with Gasteiger partial charge in [0, 0.05) is 62.2 Å². The lowest BCUT2D eigenvalue weighted by Crippen LogP contribution is -2.50. The second-order valence-corrected chi connectivity index (χ2v) is 9.77. The lowest BCUT2D eigenvalue weighted by Gasteiger charge is -2.37. The molecule has 0 bridgehead atoms. The van der Waals surface area contributed by atoms with Crippen molar-refractivity contribution in [3.63, 3.8) is 0 Å². The largest absolute Gasteiger partial charge is 0.367 e. The van der Waals surface area contributed by atoms with Gasteiger partial charge in [0.25, 0.3) is 5.91 Å². The van der Waals surface area contributed by atoms with Gasteiger partial charge < -0.3 is 25.3 Å². The molecule has 35 heavy (non-hydrogen) atoms. The normalized spacial score (nSPS) is 17.9. The van der Waals surface area contributed by atoms with Gasteiger partial charge in [-0.05, 0) is 68.5 Å². The van der Waals surface area contributed by atoms with Crippen molar-refractivity contribution in [1.82, 2.24) is 9.80 Å². The van der Waals surface area contributed by atoms with Crippen molar-refractivity contribution in [2.75, 3.05) is 54.8 Å². The molecule has 1 aliphatic carbocycles. The van der Waals surface area contributed by atoms with Crippen LogP contribution < -0.4 is 15.5 Å². The number of urea groups is 1. The van der Waals surface area contributed by atoms with Gasteiger partial charge >= 0.3 is 6.03 Å². The van der Waals surface area contributed by atoms with E-state index in [0.29, 0.717) is 37.4 Å². The Bertz CT molecular complexity index is 1120. The van der Waals surface area contributed by atoms with Gasteiger partial charge in [-0.3, -0.25) is 9.59 Å². The number of hydrogen-bond acceptors (Lipinski definition) is 4. The summed E-state index contributed by atoms with van der Waals surface area (Å²) in [5.41, 5.74) is 4.05. The lowest BCUT2D eigenvalue weighted by molar-refractivity contribution is -0.117. The summed E-state index contributed by atoms with van der Waals surface area (Å²) in [4.78, 5) is 44.4. The molecule has 1 saturated carbocycles. The number of aryl methyl sites for hydroxylation is 1. The number of nitrogens with zero attached hydrogens (tertiary/aromatic N) is 3. The molecule has 2 aliphatic heterocycles. The van der Waals surface area contributed by atoms with E-state index >= 15 is 0 Å². The van der Waals surface area contributed by atoms with Crippen LogP contribution >= 0.6 is 0 Å². The lowest BCUT2D eigenvalue weighted by atomic mass is 10.1. The van der Waals surface area contributed by atoms with E-state index in [4.69, 9.17) is 0 Å². The highest BCUT2D eigenvalue weighted by molar-refractivity contribution is 6.02. The number of anilines is 3. The smallest absolute Gasteiger partial charge is 0.321 e. The topological polar surface area (TPSA) is 85.0 Å². The van der Waals surface area contributed by atoms with Crippen LogP contribution in [-0.2, 0) is 4.79 Å². The number of likely N-dealkylation sites (tertiary alicyclic amines) is 1. The molecule has 0 atom stereocenters. The Morgan fingerprint density at radius 1 is 0.800 bits per heavy atom. The minimum atomic E-state index is -0.109. The monoisotopic (exact) mass is 475 g/mol. The summed E-state index contributed by atoms with van der Waals surface area (Å²) in [6, 6.07) is 13.3. The number of nitrogens with one attached hydrogen (secondary N) is 2. The molecule has 8 heteroatoms. The van der Waals surface area contributed by atoms with Gasteiger partial charge in [-0.1, -0.05) is 12.1 Å². The van der Waals surface area contributed by atoms with E-state index in [0.717, 1.165) is 55.7 Å². The zero-order chi connectivity index (χ0) is 24.4. The van der Waals surface area contributed by atoms with Crippen LogP contribution in [0.15, 0.2) is 42.5 Å². The Hall–Kier alpha value is -3.55. The predicted octanol–water partition coefficient (Wildman–Crippen LogP) is 3.93. The molecular formula is C27H33N5O3. The summed E-state index contributed by atoms with van der Waals surface area (Å²) in [7, 11) is 0. The fraction of sp³-hybridized carbons (Fsp3) is 0.444. The van der Waals surface area contributed by atoms with E-state index < -0.39 is 0 Å². The molecule has 2 heterocycles. The van der Waals surface area contributed by atoms with Gasteiger partial charge in [0.05, 0.1) is 5.56 Å². The van der Waals surface area contributed by atoms with E-state index in [1.807, 2.05) is 59.2 Å². The van der Waals surface area contributed by atoms with Crippen LogP contribution in [0.3, 0.4) is 0 Å². The first kappa shape index (κ1) is 23.2. The van der Waals surface area contributed by atoms with Crippen molar-refractivity contribution in [3.05, 3.63) is 53.6 Å². The molecular weight excluding hydrogens is 442 g/mol. The molecule has 2 N–H and O–H groups in total. The third-order valence-corrected chi connectivity index (χ3v) is 7.01. The van der Waals surface area contributed by atoms with Gasteiger partial charge in [0.2, 0.25) is 5.91 Å². The molecule has 2 aromatic carbocycles. The first-order valence-electron chi connectivity index (χ1n) is 12.6. The third-order valence-electron chi connectivity index (χ3n) is 7.01. The summed E-state index contributed by atoms with van der Waals surface area (Å²) in [6.07, 6.45) is 3.91. The maximum Gasteiger partial charge on any atom is 0.321 e. The SMILES string of the molecule is Cc1cccc(NC(=O)N2CCN(c3ccc(NC(=O)C4CC4)cc3C(=O)N3CCCC3)CC2)c1. The fourth-order valence-corrected chi connectivity index (χ4v) is 4.82. The first-order valence-corrected chi connectivity index (χ1v) is 12.6. The maximum absolute atomic E-state index is 13.4. The zero-order valence-corrected chi connectivity index (χ0v) is 20.3. The molecule has 3 fully saturated rings. The average molecular weight is 476 g/mol. The minimum Gasteiger partial charge on any atom is -0.367 e. The number of carbonyl (C=O) groups is 3. The number of piperazine rings is 1. The van der Waals surface area contributed by atoms with E-state index in [1.54, 1.807) is 0 Å². The van der Waals surface area contributed by atoms with Crippen molar-refractivity contribution in [2.45, 2.75) is 32.6 Å². The quantitative estimate of drug-likeness (QED) is 0.686. The number of carbonyl (C=O) groups excluding carboxylic acids is 3. The average Bonchev–Trinajstić information content (AvgIpc) is 3.58. The molecule has 4 amide bonds. The molecule has 0 radical (unpaired) electrons. The second kappa shape index (κ2) is 9.98. The Morgan fingerprint density at radius 2 is 1.51 bits per heavy atom. The van der Waals surface area contributed by atoms with Crippen molar-refractivity contribution in [3.8, 4) is 0 Å². The van der Waals surface area contributed by atoms with Gasteiger partial charge in [-0.2, -0.15) is 0 Å². The van der Waals surface area contributed by atoms with Crippen LogP contribution in [0.4, 0.5) is 21.9 Å². The van der Waals surface area contributed by atoms with E-state index in [-0.39, 0.29) is 23.8 Å². The van der Waals surface area contributed by atoms with Gasteiger partial charge in [-0.15, -0.1) is 0 Å². The molecule has 184 valence electrons. The summed E-state index contributed by atoms with van der Waals surface area (Å²) in [6.45, 7) is 5.93. The number of amides is 4. The summed E-state index contributed by atoms with van der Waals surface area (Å²) >= 11 is 0. The molecule has 0 unspecified atom stereocenters. The Balaban J connectivity index is 1.29. The van der Waals surface area contributed by atoms with Gasteiger partial charge in [-0.25, -0.2) is 4.79 Å². The van der Waals surface area contributed by atoms with Crippen LogP contribution in [0.1, 0.15) is 41.6 Å². The molecule has 0 aromatic heterocycles. The zero-order valence-electron chi connectivity index (χ0n) is 20.3. The van der Waals surface area contributed by atoms with Crippen molar-refractivity contribution in [1.29, 1.82) is 0 Å². The molecule has 0 spiro atoms. The van der Waals surface area contributed by atoms with Crippen LogP contribution in [0.25, 0.3) is 0 Å². The first-order chi connectivity index (χ1) is 17.0. The third kappa shape index (κ3) is 5.42. The van der Waals surface area contributed by atoms with Gasteiger partial charge in [0.15, 0.2) is 0 Å². The van der Waals surface area contributed by atoms with Crippen molar-refractivity contribution >= 4 is 34.9 Å². The standard InChI is InChI=1S/C27H33N5O3/c1-19-5-4-6-21(17-19)29-27(35)32-15-13-30(14-16-32)24-10-9-22(28-25(33)20-7-8-20)18-23(24)26(34)31-11-2-3-12-31/h4-6,9-10,17-18,20H,2-3,7-8,11-16H2,1H3,(H,28,33)(H,29,35). The Kier molecular flexibility index (Phi) is 6.61. The number of benzene rings is 2. The van der Waals surface area contributed by atoms with Gasteiger partial charge in [0.1, 0.15) is 0 Å². The molecule has 3 aliphatic rings. The number of hydrogen-bond donors (Lipinski definition) is 2. The molecule has 5 rings (SSSR count). The molecule has 8 nitrogen and oxygen atoms in total. The Morgan fingerprint density at radius 3 is 2.20 bits per heavy atom. The van der Waals surface area contributed by atoms with Crippen LogP contribution in [0.2, 0.25) is 0 Å². The van der Waals surface area contributed by atoms with Crippen molar-refractivity contribution in [2.24, 2.45) is 5.92 Å². The van der Waals surface area contributed by atoms with Crippen LogP contribution in [-0.4, -0.2) is 66.9 Å². The second-order valence-electron chi connectivity index (χ2n) is 9.77. The number of rotatable bonds is 5. The van der Waals surface area contributed by atoms with Crippen LogP contribution in [0, 0.1) is 12.8 Å². The summed E-state index contributed by atoms with van der Waals surface area (Å²) < 4.78 is 0. The van der Waals surface area contributed by atoms with Crippen molar-refractivity contribution < 1.29 is 14.4 Å². The molecule has 2 aromatic rings. The fourth-order valence-electron chi connectivity index (χ4n) is 4.82. The minimum absolute atomic E-state index is 0.0136. The van der Waals surface area contributed by atoms with E-state index in [2.05, 4.69) is 15.5 Å². The highest BCUT2D eigenvalue weighted by Crippen LogP contribution is 2.32. The van der Waals surface area contributed by atoms with E-state index in [9.17, 15) is 14.4 Å². The van der Waals surface area contributed by atoms with E-state index in [1.165, 1.54) is 0 Å². The summed E-state index contributed by atoms with van der Waals surface area (Å²) in [5, 5.41) is 5.96. The highest BCUT2D eigenvalue weighted by atomic mass is 16.2. The predicted molar refractivity (Wildman–Crippen MR) is 137 cm³/mol. The maximum atomic E-state index is 13.4.